The van der Waals surface area contributed by atoms with Crippen LogP contribution in [0, 0.1) is 0 Å². The molecule has 11 heavy (non-hydrogen) atoms. The van der Waals surface area contributed by atoms with Gasteiger partial charge >= 0.3 is 0 Å². The summed E-state index contributed by atoms with van der Waals surface area (Å²) in [4.78, 5) is 10.9. The Morgan fingerprint density at radius 1 is 1.73 bits per heavy atom. The molecule has 0 aromatic carbocycles. The van der Waals surface area contributed by atoms with Crippen LogP contribution < -0.4 is 5.32 Å². The number of amides is 1. The molecule has 0 radical (unpaired) electrons. The van der Waals surface area contributed by atoms with Gasteiger partial charge < -0.3 is 9.74 Å². The van der Waals surface area contributed by atoms with Crippen LogP contribution in [0.5, 0.6) is 0 Å². The molecule has 0 bridgehead atoms. The largest absolute Gasteiger partial charge is 0.424 e. The Kier molecular flexibility index (Phi) is 6.16. The highest BCUT2D eigenvalue weighted by atomic mass is 28.2. The minimum absolute atomic E-state index is 0.123. The molecule has 0 aliphatic rings. The second kappa shape index (κ2) is 6.36. The maximum Gasteiger partial charge on any atom is 0.220 e. The Balaban J connectivity index is 3.30. The molecule has 0 aliphatic heterocycles. The van der Waals surface area contributed by atoms with Crippen LogP contribution in [0.3, 0.4) is 0 Å². The van der Waals surface area contributed by atoms with Crippen molar-refractivity contribution < 1.29 is 9.22 Å². The topological polar surface area (TPSA) is 38.3 Å². The summed E-state index contributed by atoms with van der Waals surface area (Å²) in [5.74, 6) is 0.123. The van der Waals surface area contributed by atoms with E-state index in [1.54, 1.807) is 0 Å². The van der Waals surface area contributed by atoms with Crippen molar-refractivity contribution >= 4 is 16.4 Å². The van der Waals surface area contributed by atoms with E-state index < -0.39 is 0 Å². The standard InChI is InChI=1S/C7H17NO2Si/c1-3-4-7(9)8-5-6(2)10-11/h6H,3-5H2,1-2,11H3,(H,8,9). The highest BCUT2D eigenvalue weighted by Crippen LogP contribution is 1.87. The molecule has 0 heterocycles. The van der Waals surface area contributed by atoms with Gasteiger partial charge in [-0.1, -0.05) is 6.92 Å². The first-order valence-electron chi connectivity index (χ1n) is 4.00. The van der Waals surface area contributed by atoms with Crippen molar-refractivity contribution in [3.8, 4) is 0 Å². The maximum absolute atomic E-state index is 10.9. The fourth-order valence-electron chi connectivity index (χ4n) is 0.656. The van der Waals surface area contributed by atoms with Crippen LogP contribution in [0.25, 0.3) is 0 Å². The number of hydrogen-bond acceptors (Lipinski definition) is 2. The van der Waals surface area contributed by atoms with Gasteiger partial charge in [0.05, 0.1) is 6.10 Å². The molecule has 0 aromatic rings. The molecule has 0 aliphatic carbocycles. The summed E-state index contributed by atoms with van der Waals surface area (Å²) < 4.78 is 5.10. The molecule has 4 heteroatoms. The first-order chi connectivity index (χ1) is 5.20. The van der Waals surface area contributed by atoms with Gasteiger partial charge in [0.2, 0.25) is 5.91 Å². The summed E-state index contributed by atoms with van der Waals surface area (Å²) in [6, 6.07) is 0. The smallest absolute Gasteiger partial charge is 0.220 e. The molecule has 1 atom stereocenters. The zero-order chi connectivity index (χ0) is 8.69. The number of nitrogens with one attached hydrogen (secondary N) is 1. The van der Waals surface area contributed by atoms with E-state index in [0.717, 1.165) is 16.9 Å². The summed E-state index contributed by atoms with van der Waals surface area (Å²) in [6.07, 6.45) is 1.69. The van der Waals surface area contributed by atoms with Crippen LogP contribution in [0.15, 0.2) is 0 Å². The predicted octanol–water partition coefficient (Wildman–Crippen LogP) is -0.412. The third kappa shape index (κ3) is 6.06. The van der Waals surface area contributed by atoms with E-state index in [2.05, 4.69) is 5.32 Å². The van der Waals surface area contributed by atoms with Crippen molar-refractivity contribution in [2.75, 3.05) is 6.54 Å². The molecule has 3 nitrogen and oxygen atoms in total. The highest BCUT2D eigenvalue weighted by Gasteiger charge is 2.01. The van der Waals surface area contributed by atoms with Crippen LogP contribution in [0.4, 0.5) is 0 Å². The van der Waals surface area contributed by atoms with Gasteiger partial charge in [-0.3, -0.25) is 4.79 Å². The molecule has 1 unspecified atom stereocenters. The van der Waals surface area contributed by atoms with E-state index in [9.17, 15) is 4.79 Å². The fraction of sp³-hybridized carbons (Fsp3) is 0.857. The Hall–Kier alpha value is -0.353. The van der Waals surface area contributed by atoms with E-state index in [1.807, 2.05) is 13.8 Å². The van der Waals surface area contributed by atoms with Crippen molar-refractivity contribution in [1.29, 1.82) is 0 Å². The molecule has 0 saturated heterocycles. The van der Waals surface area contributed by atoms with Gasteiger partial charge in [-0.05, 0) is 13.3 Å². The zero-order valence-corrected chi connectivity index (χ0v) is 9.52. The number of carbonyl (C=O) groups excluding carboxylic acids is 1. The number of carbonyl (C=O) groups is 1. The zero-order valence-electron chi connectivity index (χ0n) is 7.52. The van der Waals surface area contributed by atoms with Crippen LogP contribution in [-0.2, 0) is 9.22 Å². The summed E-state index contributed by atoms with van der Waals surface area (Å²) in [5.41, 5.74) is 0. The monoisotopic (exact) mass is 175 g/mol. The Morgan fingerprint density at radius 2 is 2.36 bits per heavy atom. The number of hydrogen-bond donors (Lipinski definition) is 1. The van der Waals surface area contributed by atoms with Crippen LogP contribution >= 0.6 is 0 Å². The minimum Gasteiger partial charge on any atom is -0.424 e. The van der Waals surface area contributed by atoms with Crippen molar-refractivity contribution in [3.63, 3.8) is 0 Å². The van der Waals surface area contributed by atoms with Gasteiger partial charge in [-0.25, -0.2) is 0 Å². The van der Waals surface area contributed by atoms with E-state index in [0.29, 0.717) is 13.0 Å². The van der Waals surface area contributed by atoms with Crippen molar-refractivity contribution in [3.05, 3.63) is 0 Å². The first kappa shape index (κ1) is 10.6. The lowest BCUT2D eigenvalue weighted by Gasteiger charge is -2.10. The van der Waals surface area contributed by atoms with Crippen LogP contribution in [-0.4, -0.2) is 29.0 Å². The lowest BCUT2D eigenvalue weighted by atomic mass is 10.3. The van der Waals surface area contributed by atoms with Crippen molar-refractivity contribution in [2.45, 2.75) is 32.8 Å². The summed E-state index contributed by atoms with van der Waals surface area (Å²) in [7, 11) is 0.734. The summed E-state index contributed by atoms with van der Waals surface area (Å²) in [5, 5.41) is 2.79. The summed E-state index contributed by atoms with van der Waals surface area (Å²) >= 11 is 0. The average molecular weight is 175 g/mol. The third-order valence-electron chi connectivity index (χ3n) is 1.47. The molecule has 0 saturated carbocycles. The van der Waals surface area contributed by atoms with Crippen LogP contribution in [0.1, 0.15) is 26.7 Å². The SMILES string of the molecule is CCCC(=O)NCC(C)O[SiH3]. The minimum atomic E-state index is 0.123. The lowest BCUT2D eigenvalue weighted by Crippen LogP contribution is -2.31. The predicted molar refractivity (Wildman–Crippen MR) is 48.4 cm³/mol. The molecule has 0 fully saturated rings. The molecular formula is C7H17NO2Si. The van der Waals surface area contributed by atoms with Gasteiger partial charge in [0, 0.05) is 13.0 Å². The van der Waals surface area contributed by atoms with Gasteiger partial charge in [-0.15, -0.1) is 0 Å². The molecule has 1 amide bonds. The van der Waals surface area contributed by atoms with Gasteiger partial charge in [-0.2, -0.15) is 0 Å². The summed E-state index contributed by atoms with van der Waals surface area (Å²) in [6.45, 7) is 4.59. The second-order valence-electron chi connectivity index (χ2n) is 2.60. The molecule has 0 aromatic heterocycles. The fourth-order valence-corrected chi connectivity index (χ4v) is 0.823. The molecule has 0 spiro atoms. The van der Waals surface area contributed by atoms with E-state index >= 15 is 0 Å². The quantitative estimate of drug-likeness (QED) is 0.577. The molecular weight excluding hydrogens is 158 g/mol. The van der Waals surface area contributed by atoms with Gasteiger partial charge in [0.25, 0.3) is 0 Å². The third-order valence-corrected chi connectivity index (χ3v) is 2.27. The second-order valence-corrected chi connectivity index (χ2v) is 3.07. The van der Waals surface area contributed by atoms with Gasteiger partial charge in [0.1, 0.15) is 10.5 Å². The number of rotatable bonds is 5. The van der Waals surface area contributed by atoms with E-state index in [1.165, 1.54) is 0 Å². The van der Waals surface area contributed by atoms with Gasteiger partial charge in [0.15, 0.2) is 0 Å². The van der Waals surface area contributed by atoms with Crippen LogP contribution in [0.2, 0.25) is 0 Å². The Bertz CT molecular complexity index is 119. The first-order valence-corrected chi connectivity index (χ1v) is 4.81. The average Bonchev–Trinajstić information content (AvgIpc) is 2.01. The Labute approximate surface area is 71.0 Å². The van der Waals surface area contributed by atoms with Crippen molar-refractivity contribution in [1.82, 2.24) is 5.32 Å². The highest BCUT2D eigenvalue weighted by molar-refractivity contribution is 5.98. The maximum atomic E-state index is 10.9. The normalized spacial score (nSPS) is 12.9. The molecule has 1 N–H and O–H groups in total. The Morgan fingerprint density at radius 3 is 2.82 bits per heavy atom. The van der Waals surface area contributed by atoms with Crippen molar-refractivity contribution in [2.24, 2.45) is 0 Å². The molecule has 0 rings (SSSR count). The lowest BCUT2D eigenvalue weighted by molar-refractivity contribution is -0.121. The van der Waals surface area contributed by atoms with E-state index in [-0.39, 0.29) is 12.0 Å². The molecule has 66 valence electrons. The van der Waals surface area contributed by atoms with E-state index in [4.69, 9.17) is 4.43 Å².